The maximum Gasteiger partial charge on any atom is 0.712 e. The molecule has 0 saturated carbocycles. The minimum atomic E-state index is -2.24. The van der Waals surface area contributed by atoms with Gasteiger partial charge in [-0.2, -0.15) is 0 Å². The van der Waals surface area contributed by atoms with Gasteiger partial charge in [-0.1, -0.05) is 12.1 Å². The highest BCUT2D eigenvalue weighted by molar-refractivity contribution is 6.35. The zero-order chi connectivity index (χ0) is 19.1. The normalized spacial score (nSPS) is 17.2. The third-order valence-corrected chi connectivity index (χ3v) is 3.21. The van der Waals surface area contributed by atoms with Crippen LogP contribution in [0.25, 0.3) is 0 Å². The third kappa shape index (κ3) is 5.91. The summed E-state index contributed by atoms with van der Waals surface area (Å²) >= 11 is 0. The first-order valence-corrected chi connectivity index (χ1v) is 7.09. The highest BCUT2D eigenvalue weighted by Crippen LogP contribution is 2.18. The van der Waals surface area contributed by atoms with Crippen molar-refractivity contribution in [3.63, 3.8) is 0 Å². The summed E-state index contributed by atoms with van der Waals surface area (Å²) in [7, 11) is -2.17. The van der Waals surface area contributed by atoms with E-state index < -0.39 is 50.5 Å². The Balaban J connectivity index is 2.67. The van der Waals surface area contributed by atoms with Crippen molar-refractivity contribution in [3.8, 4) is 5.75 Å². The summed E-state index contributed by atoms with van der Waals surface area (Å²) in [5.74, 6) is -1.01. The Bertz CT molecular complexity index is 561. The predicted octanol–water partition coefficient (Wildman–Crippen LogP) is -4.09. The van der Waals surface area contributed by atoms with E-state index in [1.165, 1.54) is 24.3 Å². The first kappa shape index (κ1) is 21.3. The summed E-state index contributed by atoms with van der Waals surface area (Å²) in [5.41, 5.74) is 5.04. The molecule has 12 heteroatoms. The van der Waals surface area contributed by atoms with E-state index >= 15 is 0 Å². The second kappa shape index (κ2) is 9.65. The molecule has 1 rings (SSSR count). The quantitative estimate of drug-likeness (QED) is 0.149. The molecule has 0 aromatic heterocycles. The summed E-state index contributed by atoms with van der Waals surface area (Å²) in [6, 6.07) is 5.55. The number of primary amides is 1. The molecule has 0 heterocycles. The van der Waals surface area contributed by atoms with Gasteiger partial charge < -0.3 is 50.7 Å². The van der Waals surface area contributed by atoms with Crippen LogP contribution in [-0.2, 0) is 4.65 Å². The molecule has 1 aromatic rings. The number of carbonyl (C=O) groups is 1. The smallest absolute Gasteiger partial charge is 0.511 e. The van der Waals surface area contributed by atoms with E-state index in [0.29, 0.717) is 0 Å². The van der Waals surface area contributed by atoms with E-state index in [4.69, 9.17) is 15.5 Å². The Labute approximate surface area is 142 Å². The van der Waals surface area contributed by atoms with Gasteiger partial charge in [0, 0.05) is 0 Å². The van der Waals surface area contributed by atoms with E-state index in [2.05, 4.69) is 4.65 Å². The molecule has 9 N–H and O–H groups in total. The van der Waals surface area contributed by atoms with E-state index in [1.54, 1.807) is 0 Å². The molecule has 1 unspecified atom stereocenters. The Hall–Kier alpha value is -1.77. The third-order valence-electron chi connectivity index (χ3n) is 3.21. The summed E-state index contributed by atoms with van der Waals surface area (Å²) < 4.78 is 9.37. The molecule has 0 aliphatic carbocycles. The molecule has 5 atom stereocenters. The number of carbonyl (C=O) groups excluding carboxylic acids is 1. The lowest BCUT2D eigenvalue weighted by Gasteiger charge is -2.28. The van der Waals surface area contributed by atoms with Crippen LogP contribution in [0, 0.1) is 0 Å². The van der Waals surface area contributed by atoms with Crippen LogP contribution in [-0.4, -0.2) is 86.2 Å². The number of amides is 1. The highest BCUT2D eigenvalue weighted by atomic mass is 16.7. The molecule has 0 radical (unpaired) electrons. The number of para-hydroxylation sites is 1. The lowest BCUT2D eigenvalue weighted by atomic mass is 10.0. The van der Waals surface area contributed by atoms with Crippen molar-refractivity contribution in [3.05, 3.63) is 29.8 Å². The van der Waals surface area contributed by atoms with Crippen LogP contribution in [0.4, 0.5) is 0 Å². The summed E-state index contributed by atoms with van der Waals surface area (Å²) in [6.45, 7) is -0.905. The number of aliphatic hydroxyl groups is 6. The minimum Gasteiger partial charge on any atom is -0.511 e. The molecule has 0 aliphatic rings. The first-order valence-electron chi connectivity index (χ1n) is 7.09. The Kier molecular flexibility index (Phi) is 8.21. The molecular formula is C13H20BNO10. The number of nitrogens with two attached hydrogens (primary N) is 1. The molecule has 0 spiro atoms. The summed E-state index contributed by atoms with van der Waals surface area (Å²) in [4.78, 5) is 11.2. The largest absolute Gasteiger partial charge is 0.712 e. The number of aliphatic hydroxyl groups excluding tert-OH is 6. The van der Waals surface area contributed by atoms with Crippen molar-refractivity contribution in [2.24, 2.45) is 5.73 Å². The maximum absolute atomic E-state index is 11.2. The van der Waals surface area contributed by atoms with Gasteiger partial charge in [-0.05, 0) is 12.1 Å². The van der Waals surface area contributed by atoms with Gasteiger partial charge in [0.1, 0.15) is 30.2 Å². The van der Waals surface area contributed by atoms with E-state index in [-0.39, 0.29) is 11.3 Å². The number of hydrogen-bond acceptors (Lipinski definition) is 10. The monoisotopic (exact) mass is 361 g/mol. The van der Waals surface area contributed by atoms with Crippen molar-refractivity contribution < 1.29 is 49.8 Å². The van der Waals surface area contributed by atoms with E-state index in [1.807, 2.05) is 0 Å². The predicted molar refractivity (Wildman–Crippen MR) is 81.8 cm³/mol. The van der Waals surface area contributed by atoms with Crippen LogP contribution in [0.2, 0.25) is 0 Å². The van der Waals surface area contributed by atoms with E-state index in [0.717, 1.165) is 0 Å². The fourth-order valence-electron chi connectivity index (χ4n) is 1.82. The second-order valence-corrected chi connectivity index (χ2v) is 5.03. The number of benzene rings is 1. The van der Waals surface area contributed by atoms with Crippen molar-refractivity contribution in [2.75, 3.05) is 6.61 Å². The van der Waals surface area contributed by atoms with Gasteiger partial charge in [-0.3, -0.25) is 4.79 Å². The Morgan fingerprint density at radius 1 is 1.08 bits per heavy atom. The molecule has 0 saturated heterocycles. The van der Waals surface area contributed by atoms with Gasteiger partial charge >= 0.3 is 7.32 Å². The number of rotatable bonds is 10. The van der Waals surface area contributed by atoms with Gasteiger partial charge in [-0.15, -0.1) is 0 Å². The molecule has 1 aromatic carbocycles. The first-order chi connectivity index (χ1) is 11.7. The van der Waals surface area contributed by atoms with Crippen LogP contribution >= 0.6 is 0 Å². The fraction of sp³-hybridized carbons (Fsp3) is 0.462. The van der Waals surface area contributed by atoms with Crippen molar-refractivity contribution in [1.29, 1.82) is 0 Å². The topological polar surface area (TPSA) is 203 Å². The Morgan fingerprint density at radius 3 is 2.24 bits per heavy atom. The molecule has 0 aliphatic heterocycles. The minimum absolute atomic E-state index is 0.0817. The zero-order valence-corrected chi connectivity index (χ0v) is 12.9. The average Bonchev–Trinajstić information content (AvgIpc) is 2.58. The summed E-state index contributed by atoms with van der Waals surface area (Å²) in [6.07, 6.45) is -10.3. The van der Waals surface area contributed by atoms with Crippen molar-refractivity contribution in [2.45, 2.75) is 30.7 Å². The molecule has 0 fully saturated rings. The zero-order valence-electron chi connectivity index (χ0n) is 12.9. The lowest BCUT2D eigenvalue weighted by molar-refractivity contribution is -0.188. The fourth-order valence-corrected chi connectivity index (χ4v) is 1.82. The molecule has 140 valence electrons. The van der Waals surface area contributed by atoms with Crippen molar-refractivity contribution >= 4 is 13.2 Å². The SMILES string of the molecule is NC(=O)c1ccccc1OB(O)OC(O)[C@H](O)[C@@H](O)[C@H](O)[C@H](O)CO. The van der Waals surface area contributed by atoms with Crippen LogP contribution in [0.15, 0.2) is 24.3 Å². The van der Waals surface area contributed by atoms with Crippen LogP contribution in [0.3, 0.4) is 0 Å². The number of hydrogen-bond donors (Lipinski definition) is 8. The van der Waals surface area contributed by atoms with Gasteiger partial charge in [0.2, 0.25) is 0 Å². The lowest BCUT2D eigenvalue weighted by Crippen LogP contribution is -2.52. The summed E-state index contributed by atoms with van der Waals surface area (Å²) in [5, 5.41) is 65.7. The van der Waals surface area contributed by atoms with Crippen LogP contribution in [0.1, 0.15) is 10.4 Å². The Morgan fingerprint density at radius 2 is 1.68 bits per heavy atom. The van der Waals surface area contributed by atoms with E-state index in [9.17, 15) is 35.4 Å². The highest BCUT2D eigenvalue weighted by Gasteiger charge is 2.37. The van der Waals surface area contributed by atoms with Gasteiger partial charge in [0.05, 0.1) is 12.2 Å². The van der Waals surface area contributed by atoms with Crippen LogP contribution in [0.5, 0.6) is 5.75 Å². The van der Waals surface area contributed by atoms with Crippen LogP contribution < -0.4 is 10.4 Å². The molecule has 0 bridgehead atoms. The average molecular weight is 361 g/mol. The molecule has 11 nitrogen and oxygen atoms in total. The molecule has 1 amide bonds. The second-order valence-electron chi connectivity index (χ2n) is 5.03. The van der Waals surface area contributed by atoms with Gasteiger partial charge in [0.15, 0.2) is 6.29 Å². The maximum atomic E-state index is 11.2. The van der Waals surface area contributed by atoms with Gasteiger partial charge in [-0.25, -0.2) is 0 Å². The van der Waals surface area contributed by atoms with Crippen molar-refractivity contribution in [1.82, 2.24) is 0 Å². The molecule has 25 heavy (non-hydrogen) atoms. The van der Waals surface area contributed by atoms with Gasteiger partial charge in [0.25, 0.3) is 5.91 Å². The standard InChI is InChI=1S/C13H20BNO10/c15-12(21)6-3-1-2-4-8(6)24-14(23)25-13(22)11(20)10(19)9(18)7(17)5-16/h1-4,7,9-11,13,16-20,22-23H,5H2,(H2,15,21)/t7-,9-,10+,11-,13?/m1/s1. The molecular weight excluding hydrogens is 341 g/mol.